The molecule has 0 fully saturated rings. The number of halogens is 2. The average Bonchev–Trinajstić information content (AvgIpc) is 2.57. The van der Waals surface area contributed by atoms with Crippen LogP contribution in [0, 0.1) is 11.6 Å². The van der Waals surface area contributed by atoms with Crippen molar-refractivity contribution >= 4 is 16.9 Å². The number of hydrogen-bond acceptors (Lipinski definition) is 3. The zero-order chi connectivity index (χ0) is 18.0. The number of para-hydroxylation sites is 1. The Kier molecular flexibility index (Phi) is 4.61. The summed E-state index contributed by atoms with van der Waals surface area (Å²) < 4.78 is 32.1. The predicted molar refractivity (Wildman–Crippen MR) is 89.1 cm³/mol. The van der Waals surface area contributed by atoms with Gasteiger partial charge in [0.15, 0.2) is 0 Å². The fourth-order valence-corrected chi connectivity index (χ4v) is 2.61. The van der Waals surface area contributed by atoms with Crippen molar-refractivity contribution in [2.75, 3.05) is 0 Å². The van der Waals surface area contributed by atoms with Crippen molar-refractivity contribution in [3.8, 4) is 0 Å². The molecule has 3 rings (SSSR count). The number of esters is 1. The molecule has 0 bridgehead atoms. The third-order valence-electron chi connectivity index (χ3n) is 3.87. The summed E-state index contributed by atoms with van der Waals surface area (Å²) in [5.74, 6) is -1.98. The van der Waals surface area contributed by atoms with E-state index in [1.54, 1.807) is 18.2 Å². The third-order valence-corrected chi connectivity index (χ3v) is 3.87. The summed E-state index contributed by atoms with van der Waals surface area (Å²) in [6.45, 7) is 1.44. The van der Waals surface area contributed by atoms with Gasteiger partial charge >= 0.3 is 5.97 Å². The van der Waals surface area contributed by atoms with E-state index in [0.717, 1.165) is 23.6 Å². The maximum Gasteiger partial charge on any atom is 0.311 e. The smallest absolute Gasteiger partial charge is 0.311 e. The van der Waals surface area contributed by atoms with Crippen LogP contribution >= 0.6 is 0 Å². The van der Waals surface area contributed by atoms with Crippen LogP contribution in [0.25, 0.3) is 10.9 Å². The first-order chi connectivity index (χ1) is 11.9. The van der Waals surface area contributed by atoms with Crippen LogP contribution in [0.1, 0.15) is 24.2 Å². The van der Waals surface area contributed by atoms with Gasteiger partial charge in [-0.05, 0) is 42.6 Å². The van der Waals surface area contributed by atoms with E-state index >= 15 is 0 Å². The summed E-state index contributed by atoms with van der Waals surface area (Å²) in [5, 5.41) is 0.786. The minimum atomic E-state index is -0.970. The molecule has 0 amide bonds. The molecule has 0 aliphatic heterocycles. The van der Waals surface area contributed by atoms with Crippen LogP contribution in [0.2, 0.25) is 0 Å². The number of benzene rings is 2. The maximum atomic E-state index is 13.7. The van der Waals surface area contributed by atoms with Crippen molar-refractivity contribution in [3.05, 3.63) is 81.6 Å². The summed E-state index contributed by atoms with van der Waals surface area (Å²) in [4.78, 5) is 26.8. The number of aromatic amines is 1. The van der Waals surface area contributed by atoms with Gasteiger partial charge in [0.25, 0.3) is 5.56 Å². The van der Waals surface area contributed by atoms with Crippen molar-refractivity contribution in [1.29, 1.82) is 0 Å². The van der Waals surface area contributed by atoms with Gasteiger partial charge in [-0.2, -0.15) is 0 Å². The predicted octanol–water partition coefficient (Wildman–Crippen LogP) is 3.65. The number of hydrogen-bond donors (Lipinski definition) is 1. The van der Waals surface area contributed by atoms with E-state index in [4.69, 9.17) is 4.74 Å². The van der Waals surface area contributed by atoms with Crippen LogP contribution in [-0.2, 0) is 16.0 Å². The third kappa shape index (κ3) is 3.74. The molecule has 0 saturated carbocycles. The van der Waals surface area contributed by atoms with Gasteiger partial charge in [0.1, 0.15) is 17.7 Å². The normalized spacial score (nSPS) is 12.1. The quantitative estimate of drug-likeness (QED) is 0.736. The van der Waals surface area contributed by atoms with Gasteiger partial charge in [-0.3, -0.25) is 9.59 Å². The molecule has 0 saturated heterocycles. The highest BCUT2D eigenvalue weighted by Gasteiger charge is 2.18. The zero-order valence-electron chi connectivity index (χ0n) is 13.4. The number of ether oxygens (including phenoxy) is 1. The average molecular weight is 343 g/mol. The Balaban J connectivity index is 1.77. The van der Waals surface area contributed by atoms with Crippen molar-refractivity contribution in [2.45, 2.75) is 19.4 Å². The summed E-state index contributed by atoms with van der Waals surface area (Å²) in [6, 6.07) is 11.7. The van der Waals surface area contributed by atoms with Gasteiger partial charge in [-0.15, -0.1) is 0 Å². The van der Waals surface area contributed by atoms with Gasteiger partial charge in [0.05, 0.1) is 6.42 Å². The highest BCUT2D eigenvalue weighted by atomic mass is 19.1. The van der Waals surface area contributed by atoms with E-state index in [2.05, 4.69) is 4.98 Å². The maximum absolute atomic E-state index is 13.7. The lowest BCUT2D eigenvalue weighted by Gasteiger charge is -2.14. The molecule has 0 aliphatic rings. The molecule has 1 heterocycles. The highest BCUT2D eigenvalue weighted by Crippen LogP contribution is 2.22. The molecule has 128 valence electrons. The summed E-state index contributed by atoms with van der Waals surface area (Å²) >= 11 is 0. The first kappa shape index (κ1) is 16.8. The van der Waals surface area contributed by atoms with Gasteiger partial charge in [0, 0.05) is 16.6 Å². The molecule has 4 nitrogen and oxygen atoms in total. The van der Waals surface area contributed by atoms with E-state index in [0.29, 0.717) is 5.52 Å². The van der Waals surface area contributed by atoms with Crippen molar-refractivity contribution in [1.82, 2.24) is 4.98 Å². The molecule has 1 aromatic heterocycles. The van der Waals surface area contributed by atoms with Gasteiger partial charge in [-0.1, -0.05) is 18.2 Å². The number of aromatic nitrogens is 1. The molecular formula is C19H15F2NO3. The Morgan fingerprint density at radius 1 is 1.16 bits per heavy atom. The lowest BCUT2D eigenvalue weighted by atomic mass is 10.1. The van der Waals surface area contributed by atoms with Gasteiger partial charge in [-0.25, -0.2) is 8.78 Å². The molecule has 6 heteroatoms. The number of carbonyl (C=O) groups is 1. The molecule has 1 atom stereocenters. The van der Waals surface area contributed by atoms with Crippen LogP contribution in [0.5, 0.6) is 0 Å². The minimum absolute atomic E-state index is 0.0548. The summed E-state index contributed by atoms with van der Waals surface area (Å²) in [5.41, 5.74) is 0.469. The Hall–Kier alpha value is -3.02. The number of carbonyl (C=O) groups excluding carboxylic acids is 1. The number of fused-ring (bicyclic) bond motifs is 1. The first-order valence-corrected chi connectivity index (χ1v) is 7.69. The van der Waals surface area contributed by atoms with E-state index in [-0.39, 0.29) is 23.1 Å². The Bertz CT molecular complexity index is 997. The van der Waals surface area contributed by atoms with Crippen molar-refractivity contribution in [3.63, 3.8) is 0 Å². The van der Waals surface area contributed by atoms with E-state index in [1.165, 1.54) is 6.92 Å². The number of rotatable bonds is 4. The van der Waals surface area contributed by atoms with Crippen molar-refractivity contribution < 1.29 is 18.3 Å². The van der Waals surface area contributed by atoms with Gasteiger partial charge < -0.3 is 9.72 Å². The SMILES string of the molecule is CC(OC(=O)Cc1cc2ccccc2[nH]c1=O)c1cc(F)ccc1F. The van der Waals surface area contributed by atoms with E-state index < -0.39 is 23.7 Å². The van der Waals surface area contributed by atoms with Crippen LogP contribution in [-0.4, -0.2) is 11.0 Å². The van der Waals surface area contributed by atoms with Crippen LogP contribution in [0.4, 0.5) is 8.78 Å². The zero-order valence-corrected chi connectivity index (χ0v) is 13.4. The highest BCUT2D eigenvalue weighted by molar-refractivity contribution is 5.80. The molecular weight excluding hydrogens is 328 g/mol. The lowest BCUT2D eigenvalue weighted by Crippen LogP contribution is -2.19. The van der Waals surface area contributed by atoms with Crippen molar-refractivity contribution in [2.24, 2.45) is 0 Å². The number of pyridine rings is 1. The largest absolute Gasteiger partial charge is 0.457 e. The molecule has 1 unspecified atom stereocenters. The van der Waals surface area contributed by atoms with Gasteiger partial charge in [0.2, 0.25) is 0 Å². The fraction of sp³-hybridized carbons (Fsp3) is 0.158. The van der Waals surface area contributed by atoms with E-state index in [1.807, 2.05) is 12.1 Å². The number of H-pyrrole nitrogens is 1. The first-order valence-electron chi connectivity index (χ1n) is 7.69. The summed E-state index contributed by atoms with van der Waals surface area (Å²) in [7, 11) is 0. The lowest BCUT2D eigenvalue weighted by molar-refractivity contribution is -0.147. The monoisotopic (exact) mass is 343 g/mol. The van der Waals surface area contributed by atoms with Crippen LogP contribution < -0.4 is 5.56 Å². The second-order valence-electron chi connectivity index (χ2n) is 5.69. The minimum Gasteiger partial charge on any atom is -0.457 e. The number of nitrogens with one attached hydrogen (secondary N) is 1. The second-order valence-corrected chi connectivity index (χ2v) is 5.69. The summed E-state index contributed by atoms with van der Waals surface area (Å²) in [6.07, 6.45) is -1.23. The molecule has 0 aliphatic carbocycles. The van der Waals surface area contributed by atoms with E-state index in [9.17, 15) is 18.4 Å². The molecule has 1 N–H and O–H groups in total. The second kappa shape index (κ2) is 6.84. The molecule has 0 spiro atoms. The Labute approximate surface area is 142 Å². The van der Waals surface area contributed by atoms with Crippen LogP contribution in [0.3, 0.4) is 0 Å². The molecule has 0 radical (unpaired) electrons. The molecule has 2 aromatic carbocycles. The molecule has 25 heavy (non-hydrogen) atoms. The van der Waals surface area contributed by atoms with Crippen LogP contribution in [0.15, 0.2) is 53.3 Å². The molecule has 3 aromatic rings. The standard InChI is InChI=1S/C19H15F2NO3/c1-11(15-10-14(20)6-7-16(15)21)25-18(23)9-13-8-12-4-2-3-5-17(12)22-19(13)24/h2-8,10-11H,9H2,1H3,(H,22,24). The topological polar surface area (TPSA) is 59.2 Å². The Morgan fingerprint density at radius 2 is 1.92 bits per heavy atom. The fourth-order valence-electron chi connectivity index (χ4n) is 2.61. The Morgan fingerprint density at radius 3 is 2.72 bits per heavy atom.